The Balaban J connectivity index is 2.11. The van der Waals surface area contributed by atoms with Crippen molar-refractivity contribution >= 4 is 0 Å². The molecule has 10 heavy (non-hydrogen) atoms. The average molecular weight is 139 g/mol. The summed E-state index contributed by atoms with van der Waals surface area (Å²) in [4.78, 5) is 0. The van der Waals surface area contributed by atoms with Crippen molar-refractivity contribution in [3.05, 3.63) is 12.2 Å². The van der Waals surface area contributed by atoms with Gasteiger partial charge in [0.1, 0.15) is 0 Å². The first-order valence-electron chi connectivity index (χ1n) is 3.92. The summed E-state index contributed by atoms with van der Waals surface area (Å²) in [6.07, 6.45) is 5.64. The molecule has 1 aliphatic carbocycles. The highest BCUT2D eigenvalue weighted by Gasteiger charge is 2.30. The predicted octanol–water partition coefficient (Wildman–Crippen LogP) is 0.143. The van der Waals surface area contributed by atoms with Crippen LogP contribution in [0.15, 0.2) is 12.2 Å². The van der Waals surface area contributed by atoms with Crippen LogP contribution in [0.1, 0.15) is 6.42 Å². The molecule has 0 aromatic rings. The fourth-order valence-electron chi connectivity index (χ4n) is 1.91. The topological polar surface area (TPSA) is 32.3 Å². The van der Waals surface area contributed by atoms with Crippen molar-refractivity contribution in [1.29, 1.82) is 0 Å². The molecule has 2 nitrogen and oxygen atoms in total. The molecule has 2 N–H and O–H groups in total. The molecule has 3 aliphatic rings. The highest BCUT2D eigenvalue weighted by molar-refractivity contribution is 5.10. The van der Waals surface area contributed by atoms with Crippen LogP contribution in [0.5, 0.6) is 0 Å². The third kappa shape index (κ3) is 0.879. The Bertz CT molecular complexity index is 155. The Labute approximate surface area is 60.9 Å². The number of piperidine rings is 1. The van der Waals surface area contributed by atoms with Gasteiger partial charge in [0.25, 0.3) is 0 Å². The zero-order valence-electron chi connectivity index (χ0n) is 5.96. The van der Waals surface area contributed by atoms with Gasteiger partial charge in [-0.05, 0) is 12.3 Å². The van der Waals surface area contributed by atoms with Crippen molar-refractivity contribution < 1.29 is 5.11 Å². The maximum atomic E-state index is 8.94. The monoisotopic (exact) mass is 139 g/mol. The van der Waals surface area contributed by atoms with Crippen molar-refractivity contribution in [2.45, 2.75) is 12.5 Å². The van der Waals surface area contributed by atoms with Gasteiger partial charge in [0, 0.05) is 25.1 Å². The van der Waals surface area contributed by atoms with E-state index in [0.29, 0.717) is 24.5 Å². The molecule has 0 saturated carbocycles. The first-order chi connectivity index (χ1) is 4.90. The molecule has 0 aromatic heterocycles. The van der Waals surface area contributed by atoms with Crippen molar-refractivity contribution in [2.75, 3.05) is 13.2 Å². The first kappa shape index (κ1) is 6.38. The largest absolute Gasteiger partial charge is 0.396 e. The maximum Gasteiger partial charge on any atom is 0.0477 e. The van der Waals surface area contributed by atoms with Crippen LogP contribution in [0.4, 0.5) is 0 Å². The van der Waals surface area contributed by atoms with Crippen LogP contribution in [0.25, 0.3) is 0 Å². The van der Waals surface area contributed by atoms with E-state index in [-0.39, 0.29) is 0 Å². The standard InChI is InChI=1S/C8H13NO/c10-5-7-3-6-1-2-8(7)9-4-6/h1-2,6-10H,3-5H2/t6-,7-,8+/m1/s1. The minimum atomic E-state index is 0.332. The quantitative estimate of drug-likeness (QED) is 0.507. The van der Waals surface area contributed by atoms with Gasteiger partial charge in [-0.3, -0.25) is 0 Å². The second kappa shape index (κ2) is 2.36. The molecule has 56 valence electrons. The molecular formula is C8H13NO. The summed E-state index contributed by atoms with van der Waals surface area (Å²) in [5.74, 6) is 1.16. The van der Waals surface area contributed by atoms with E-state index in [2.05, 4.69) is 17.5 Å². The average Bonchev–Trinajstić information content (AvgIpc) is 2.06. The minimum absolute atomic E-state index is 0.332. The molecule has 2 bridgehead atoms. The van der Waals surface area contributed by atoms with Gasteiger partial charge in [-0.25, -0.2) is 0 Å². The fraction of sp³-hybridized carbons (Fsp3) is 0.750. The van der Waals surface area contributed by atoms with Crippen LogP contribution >= 0.6 is 0 Å². The summed E-state index contributed by atoms with van der Waals surface area (Å²) >= 11 is 0. The molecule has 2 heteroatoms. The van der Waals surface area contributed by atoms with Gasteiger partial charge in [-0.15, -0.1) is 0 Å². The lowest BCUT2D eigenvalue weighted by Gasteiger charge is -2.37. The number of fused-ring (bicyclic) bond motifs is 2. The minimum Gasteiger partial charge on any atom is -0.396 e. The normalized spacial score (nSPS) is 44.3. The zero-order chi connectivity index (χ0) is 6.97. The van der Waals surface area contributed by atoms with Gasteiger partial charge in [0.2, 0.25) is 0 Å². The van der Waals surface area contributed by atoms with Crippen LogP contribution in [-0.4, -0.2) is 24.3 Å². The van der Waals surface area contributed by atoms with E-state index in [1.165, 1.54) is 6.42 Å². The molecule has 1 fully saturated rings. The zero-order valence-corrected chi connectivity index (χ0v) is 5.96. The Morgan fingerprint density at radius 1 is 1.50 bits per heavy atom. The van der Waals surface area contributed by atoms with Crippen molar-refractivity contribution in [2.24, 2.45) is 11.8 Å². The summed E-state index contributed by atoms with van der Waals surface area (Å²) < 4.78 is 0. The van der Waals surface area contributed by atoms with Gasteiger partial charge in [-0.1, -0.05) is 12.2 Å². The number of aliphatic hydroxyl groups excluding tert-OH is 1. The second-order valence-corrected chi connectivity index (χ2v) is 3.26. The van der Waals surface area contributed by atoms with Gasteiger partial charge in [0.05, 0.1) is 0 Å². The number of hydrogen-bond donors (Lipinski definition) is 2. The number of aliphatic hydroxyl groups is 1. The van der Waals surface area contributed by atoms with Crippen LogP contribution in [0.3, 0.4) is 0 Å². The highest BCUT2D eigenvalue weighted by Crippen LogP contribution is 2.27. The van der Waals surface area contributed by atoms with Crippen LogP contribution in [0, 0.1) is 11.8 Å². The molecule has 2 heterocycles. The molecule has 3 rings (SSSR count). The smallest absolute Gasteiger partial charge is 0.0477 e. The Kier molecular flexibility index (Phi) is 1.51. The van der Waals surface area contributed by atoms with E-state index < -0.39 is 0 Å². The lowest BCUT2D eigenvalue weighted by Crippen LogP contribution is -2.48. The summed E-state index contributed by atoms with van der Waals surface area (Å²) in [6, 6.07) is 0.454. The van der Waals surface area contributed by atoms with Gasteiger partial charge < -0.3 is 10.4 Å². The van der Waals surface area contributed by atoms with Gasteiger partial charge in [-0.2, -0.15) is 0 Å². The van der Waals surface area contributed by atoms with Crippen LogP contribution in [0.2, 0.25) is 0 Å². The molecule has 0 amide bonds. The summed E-state index contributed by atoms with van der Waals surface area (Å²) in [5, 5.41) is 12.3. The van der Waals surface area contributed by atoms with E-state index >= 15 is 0 Å². The molecule has 0 spiro atoms. The van der Waals surface area contributed by atoms with Gasteiger partial charge >= 0.3 is 0 Å². The molecule has 0 radical (unpaired) electrons. The van der Waals surface area contributed by atoms with Crippen molar-refractivity contribution in [3.8, 4) is 0 Å². The van der Waals surface area contributed by atoms with E-state index in [1.807, 2.05) is 0 Å². The number of hydrogen-bond acceptors (Lipinski definition) is 2. The summed E-state index contributed by atoms with van der Waals surface area (Å²) in [7, 11) is 0. The number of nitrogens with one attached hydrogen (secondary N) is 1. The SMILES string of the molecule is OC[C@H]1C[C@H]2C=C[C@@H]1NC2. The Morgan fingerprint density at radius 2 is 2.40 bits per heavy atom. The van der Waals surface area contributed by atoms with E-state index in [1.54, 1.807) is 0 Å². The maximum absolute atomic E-state index is 8.94. The van der Waals surface area contributed by atoms with E-state index in [0.717, 1.165) is 6.54 Å². The molecule has 0 aromatic carbocycles. The third-order valence-electron chi connectivity index (χ3n) is 2.55. The fourth-order valence-corrected chi connectivity index (χ4v) is 1.91. The van der Waals surface area contributed by atoms with Crippen molar-refractivity contribution in [1.82, 2.24) is 5.32 Å². The van der Waals surface area contributed by atoms with Crippen LogP contribution in [-0.2, 0) is 0 Å². The van der Waals surface area contributed by atoms with Crippen LogP contribution < -0.4 is 5.32 Å². The molecule has 1 saturated heterocycles. The van der Waals surface area contributed by atoms with Crippen molar-refractivity contribution in [3.63, 3.8) is 0 Å². The molecule has 3 atom stereocenters. The lowest BCUT2D eigenvalue weighted by atomic mass is 9.80. The predicted molar refractivity (Wildman–Crippen MR) is 39.6 cm³/mol. The summed E-state index contributed by atoms with van der Waals surface area (Å²) in [6.45, 7) is 1.44. The molecular weight excluding hydrogens is 126 g/mol. The second-order valence-electron chi connectivity index (χ2n) is 3.26. The lowest BCUT2D eigenvalue weighted by molar-refractivity contribution is 0.151. The van der Waals surface area contributed by atoms with E-state index in [4.69, 9.17) is 5.11 Å². The molecule has 2 aliphatic heterocycles. The first-order valence-corrected chi connectivity index (χ1v) is 3.92. The Morgan fingerprint density at radius 3 is 2.70 bits per heavy atom. The summed E-state index contributed by atoms with van der Waals surface area (Å²) in [5.41, 5.74) is 0. The third-order valence-corrected chi connectivity index (χ3v) is 2.55. The van der Waals surface area contributed by atoms with E-state index in [9.17, 15) is 0 Å². The highest BCUT2D eigenvalue weighted by atomic mass is 16.3. The number of rotatable bonds is 1. The van der Waals surface area contributed by atoms with Gasteiger partial charge in [0.15, 0.2) is 0 Å². The molecule has 0 unspecified atom stereocenters. The Hall–Kier alpha value is -0.340.